The molecule has 0 amide bonds. The Balaban J connectivity index is 1.34. The molecule has 1 aromatic heterocycles. The predicted molar refractivity (Wildman–Crippen MR) is 145 cm³/mol. The predicted octanol–water partition coefficient (Wildman–Crippen LogP) is 5.18. The summed E-state index contributed by atoms with van der Waals surface area (Å²) in [6.45, 7) is 2.70. The highest BCUT2D eigenvalue weighted by Gasteiger charge is 2.34. The van der Waals surface area contributed by atoms with Crippen LogP contribution in [0.25, 0.3) is 32.8 Å². The molecule has 3 saturated heterocycles. The zero-order chi connectivity index (χ0) is 25.6. The van der Waals surface area contributed by atoms with Gasteiger partial charge in [-0.15, -0.1) is 0 Å². The Labute approximate surface area is 220 Å². The molecule has 7 rings (SSSR count). The van der Waals surface area contributed by atoms with Crippen LogP contribution in [0.2, 0.25) is 0 Å². The fourth-order valence-corrected chi connectivity index (χ4v) is 6.23. The van der Waals surface area contributed by atoms with E-state index in [0.29, 0.717) is 41.0 Å². The molecule has 0 saturated carbocycles. The highest BCUT2D eigenvalue weighted by Crippen LogP contribution is 2.39. The van der Waals surface area contributed by atoms with E-state index in [1.165, 1.54) is 0 Å². The Morgan fingerprint density at radius 1 is 0.974 bits per heavy atom. The lowest BCUT2D eigenvalue weighted by Crippen LogP contribution is -2.51. The average Bonchev–Trinajstić information content (AvgIpc) is 3.29. The molecule has 0 radical (unpaired) electrons. The minimum Gasteiger partial charge on any atom is -0.508 e. The normalized spacial score (nSPS) is 23.3. The lowest BCUT2D eigenvalue weighted by molar-refractivity contribution is -0.0128. The maximum Gasteiger partial charge on any atom is 0.319 e. The zero-order valence-electron chi connectivity index (χ0n) is 21.2. The largest absolute Gasteiger partial charge is 0.508 e. The van der Waals surface area contributed by atoms with Gasteiger partial charge in [0.25, 0.3) is 0 Å². The van der Waals surface area contributed by atoms with Crippen molar-refractivity contribution in [3.05, 3.63) is 54.3 Å². The number of nitrogens with one attached hydrogen (secondary N) is 1. The van der Waals surface area contributed by atoms with E-state index in [1.54, 1.807) is 18.2 Å². The number of piperazine rings is 1. The zero-order valence-corrected chi connectivity index (χ0v) is 21.2. The summed E-state index contributed by atoms with van der Waals surface area (Å²) in [6, 6.07) is 15.6. The molecule has 3 fully saturated rings. The number of anilines is 1. The Kier molecular flexibility index (Phi) is 6.01. The third-order valence-electron chi connectivity index (χ3n) is 8.09. The number of phenols is 1. The number of ether oxygens (including phenoxy) is 2. The van der Waals surface area contributed by atoms with Crippen LogP contribution in [0.1, 0.15) is 32.1 Å². The van der Waals surface area contributed by atoms with Crippen molar-refractivity contribution in [1.29, 1.82) is 0 Å². The molecule has 7 nitrogen and oxygen atoms in total. The van der Waals surface area contributed by atoms with Crippen LogP contribution in [0.15, 0.2) is 48.5 Å². The van der Waals surface area contributed by atoms with E-state index in [-0.39, 0.29) is 23.4 Å². The molecule has 3 aliphatic heterocycles. The number of hydrogen-bond donors (Lipinski definition) is 2. The first-order valence-electron chi connectivity index (χ1n) is 13.6. The third-order valence-corrected chi connectivity index (χ3v) is 8.09. The summed E-state index contributed by atoms with van der Waals surface area (Å²) >= 11 is 0. The smallest absolute Gasteiger partial charge is 0.319 e. The summed E-state index contributed by atoms with van der Waals surface area (Å²) in [6.07, 6.45) is 5.38. The molecule has 3 atom stereocenters. The fourth-order valence-electron chi connectivity index (χ4n) is 6.23. The van der Waals surface area contributed by atoms with Gasteiger partial charge < -0.3 is 24.8 Å². The van der Waals surface area contributed by atoms with Gasteiger partial charge in [0.2, 0.25) is 0 Å². The van der Waals surface area contributed by atoms with E-state index in [0.717, 1.165) is 62.6 Å². The molecule has 3 aromatic carbocycles. The molecule has 0 aliphatic carbocycles. The number of nitrogens with zero attached hydrogens (tertiary/aromatic N) is 3. The number of rotatable bonds is 5. The van der Waals surface area contributed by atoms with Crippen molar-refractivity contribution in [1.82, 2.24) is 15.3 Å². The van der Waals surface area contributed by atoms with E-state index < -0.39 is 5.82 Å². The summed E-state index contributed by atoms with van der Waals surface area (Å²) in [4.78, 5) is 11.6. The van der Waals surface area contributed by atoms with Gasteiger partial charge in [-0.05, 0) is 66.6 Å². The molecule has 0 spiro atoms. The van der Waals surface area contributed by atoms with Crippen molar-refractivity contribution in [3.63, 3.8) is 0 Å². The van der Waals surface area contributed by atoms with Gasteiger partial charge in [-0.3, -0.25) is 0 Å². The van der Waals surface area contributed by atoms with Crippen molar-refractivity contribution < 1.29 is 19.0 Å². The number of aromatic hydroxyl groups is 1. The first-order chi connectivity index (χ1) is 18.6. The SMILES string of the molecule is Oc1cc(-c2ccc3c(N4CC5CCC(C4)N5)nc(OCC4CCCCO4)nc3c2F)c2ccccc2c1. The Morgan fingerprint density at radius 2 is 1.82 bits per heavy atom. The van der Waals surface area contributed by atoms with E-state index in [1.807, 2.05) is 30.3 Å². The van der Waals surface area contributed by atoms with Gasteiger partial charge in [0.1, 0.15) is 23.7 Å². The van der Waals surface area contributed by atoms with Crippen molar-refractivity contribution >= 4 is 27.5 Å². The molecular formula is C30H31FN4O3. The number of phenolic OH excluding ortho intramolecular Hbond substituents is 1. The third kappa shape index (κ3) is 4.31. The number of aromatic nitrogens is 2. The lowest BCUT2D eigenvalue weighted by atomic mass is 9.96. The fraction of sp³-hybridized carbons (Fsp3) is 0.400. The summed E-state index contributed by atoms with van der Waals surface area (Å²) < 4.78 is 28.3. The number of benzene rings is 3. The minimum atomic E-state index is -0.446. The van der Waals surface area contributed by atoms with Gasteiger partial charge in [0.05, 0.1) is 6.10 Å². The van der Waals surface area contributed by atoms with Crippen LogP contribution in [0, 0.1) is 5.82 Å². The molecule has 4 aromatic rings. The van der Waals surface area contributed by atoms with E-state index in [2.05, 4.69) is 15.2 Å². The number of halogens is 1. The van der Waals surface area contributed by atoms with Crippen LogP contribution in [0.5, 0.6) is 11.8 Å². The van der Waals surface area contributed by atoms with E-state index >= 15 is 4.39 Å². The molecule has 3 aliphatic rings. The van der Waals surface area contributed by atoms with Crippen molar-refractivity contribution in [3.8, 4) is 22.9 Å². The second-order valence-electron chi connectivity index (χ2n) is 10.7. The minimum absolute atomic E-state index is 0.00336. The molecule has 38 heavy (non-hydrogen) atoms. The van der Waals surface area contributed by atoms with Gasteiger partial charge in [0, 0.05) is 42.7 Å². The molecule has 4 heterocycles. The lowest BCUT2D eigenvalue weighted by Gasteiger charge is -2.34. The molecule has 2 bridgehead atoms. The monoisotopic (exact) mass is 514 g/mol. The Morgan fingerprint density at radius 3 is 2.63 bits per heavy atom. The summed E-state index contributed by atoms with van der Waals surface area (Å²) in [5.74, 6) is 0.354. The second-order valence-corrected chi connectivity index (χ2v) is 10.7. The van der Waals surface area contributed by atoms with Crippen LogP contribution in [0.4, 0.5) is 10.2 Å². The first-order valence-corrected chi connectivity index (χ1v) is 13.6. The van der Waals surface area contributed by atoms with Gasteiger partial charge >= 0.3 is 6.01 Å². The summed E-state index contributed by atoms with van der Waals surface area (Å²) in [7, 11) is 0. The molecule has 2 N–H and O–H groups in total. The van der Waals surface area contributed by atoms with Crippen LogP contribution in [-0.4, -0.2) is 59.6 Å². The standard InChI is InChI=1S/C30H31FN4O3/c31-27-24(26-14-21(36)13-18-5-1-2-7-23(18)26)10-11-25-28(27)33-30(38-17-22-6-3-4-12-37-22)34-29(25)35-15-19-8-9-20(16-35)32-19/h1-2,5,7,10-11,13-14,19-20,22,32,36H,3-4,6,8-9,12,15-17H2. The highest BCUT2D eigenvalue weighted by molar-refractivity contribution is 6.01. The van der Waals surface area contributed by atoms with Crippen molar-refractivity contribution in [2.24, 2.45) is 0 Å². The van der Waals surface area contributed by atoms with E-state index in [4.69, 9.17) is 14.5 Å². The van der Waals surface area contributed by atoms with Gasteiger partial charge in [0.15, 0.2) is 5.82 Å². The van der Waals surface area contributed by atoms with Gasteiger partial charge in [-0.25, -0.2) is 4.39 Å². The van der Waals surface area contributed by atoms with Crippen LogP contribution in [-0.2, 0) is 4.74 Å². The van der Waals surface area contributed by atoms with Gasteiger partial charge in [-0.2, -0.15) is 9.97 Å². The second kappa shape index (κ2) is 9.67. The molecule has 196 valence electrons. The molecule has 3 unspecified atom stereocenters. The maximum atomic E-state index is 16.4. The number of hydrogen-bond acceptors (Lipinski definition) is 7. The van der Waals surface area contributed by atoms with E-state index in [9.17, 15) is 5.11 Å². The van der Waals surface area contributed by atoms with Crippen molar-refractivity contribution in [2.75, 3.05) is 31.2 Å². The first kappa shape index (κ1) is 23.6. The topological polar surface area (TPSA) is 79.7 Å². The average molecular weight is 515 g/mol. The number of fused-ring (bicyclic) bond motifs is 4. The summed E-state index contributed by atoms with van der Waals surface area (Å²) in [5.41, 5.74) is 1.24. The highest BCUT2D eigenvalue weighted by atomic mass is 19.1. The van der Waals surface area contributed by atoms with Gasteiger partial charge in [-0.1, -0.05) is 30.3 Å². The quantitative estimate of drug-likeness (QED) is 0.380. The van der Waals surface area contributed by atoms with Crippen molar-refractivity contribution in [2.45, 2.75) is 50.3 Å². The van der Waals surface area contributed by atoms with Crippen LogP contribution < -0.4 is 15.0 Å². The maximum absolute atomic E-state index is 16.4. The molecule has 8 heteroatoms. The Bertz CT molecular complexity index is 1490. The summed E-state index contributed by atoms with van der Waals surface area (Å²) in [5, 5.41) is 16.4. The van der Waals surface area contributed by atoms with Crippen LogP contribution in [0.3, 0.4) is 0 Å². The molecular weight excluding hydrogens is 483 g/mol. The van der Waals surface area contributed by atoms with Crippen LogP contribution >= 0.6 is 0 Å². The Hall–Kier alpha value is -3.49.